The number of fused-ring (bicyclic) bond motifs is 1. The highest BCUT2D eigenvalue weighted by Gasteiger charge is 2.37. The molecule has 1 aliphatic heterocycles. The molecule has 0 radical (unpaired) electrons. The third kappa shape index (κ3) is 5.32. The second kappa shape index (κ2) is 11.0. The number of amides is 4. The number of anilines is 1. The van der Waals surface area contributed by atoms with Crippen LogP contribution in [0.2, 0.25) is 0 Å². The van der Waals surface area contributed by atoms with E-state index in [1.54, 1.807) is 37.3 Å². The molecule has 0 atom stereocenters. The van der Waals surface area contributed by atoms with Crippen molar-refractivity contribution >= 4 is 72.2 Å². The first-order valence-corrected chi connectivity index (χ1v) is 13.5. The summed E-state index contributed by atoms with van der Waals surface area (Å²) in [4.78, 5) is 39.6. The minimum Gasteiger partial charge on any atom is -0.493 e. The second-order valence-electron chi connectivity index (χ2n) is 8.85. The van der Waals surface area contributed by atoms with E-state index in [0.717, 1.165) is 25.7 Å². The average molecular weight is 650 g/mol. The topological polar surface area (TPSA) is 84.9 Å². The zero-order chi connectivity index (χ0) is 27.7. The van der Waals surface area contributed by atoms with Gasteiger partial charge in [0.25, 0.3) is 11.8 Å². The van der Waals surface area contributed by atoms with Crippen molar-refractivity contribution in [2.45, 2.75) is 13.5 Å². The van der Waals surface area contributed by atoms with Gasteiger partial charge in [0.1, 0.15) is 12.2 Å². The van der Waals surface area contributed by atoms with E-state index in [2.05, 4.69) is 37.2 Å². The molecule has 0 spiro atoms. The molecule has 1 heterocycles. The minimum absolute atomic E-state index is 0.185. The second-order valence-corrected chi connectivity index (χ2v) is 10.6. The molecular formula is C30H22Br2N2O5. The van der Waals surface area contributed by atoms with Crippen molar-refractivity contribution in [3.63, 3.8) is 0 Å². The number of carbonyl (C=O) groups excluding carboxylic acids is 3. The first-order valence-electron chi connectivity index (χ1n) is 11.9. The van der Waals surface area contributed by atoms with Gasteiger partial charge in [0.05, 0.1) is 17.3 Å². The Balaban J connectivity index is 1.45. The summed E-state index contributed by atoms with van der Waals surface area (Å²) in [6, 6.07) is 21.9. The normalized spacial score (nSPS) is 14.6. The highest BCUT2D eigenvalue weighted by molar-refractivity contribution is 9.10. The summed E-state index contributed by atoms with van der Waals surface area (Å²) in [6.07, 6.45) is 1.42. The number of carbonyl (C=O) groups is 3. The van der Waals surface area contributed by atoms with Crippen molar-refractivity contribution in [1.82, 2.24) is 5.32 Å². The number of imide groups is 2. The molecular weight excluding hydrogens is 628 g/mol. The molecule has 0 unspecified atom stereocenters. The molecule has 0 saturated carbocycles. The van der Waals surface area contributed by atoms with Gasteiger partial charge in [-0.05, 0) is 86.7 Å². The number of nitrogens with zero attached hydrogens (tertiary/aromatic N) is 1. The van der Waals surface area contributed by atoms with Crippen LogP contribution in [0, 0.1) is 6.92 Å². The van der Waals surface area contributed by atoms with Crippen molar-refractivity contribution < 1.29 is 23.9 Å². The zero-order valence-corrected chi connectivity index (χ0v) is 24.1. The van der Waals surface area contributed by atoms with Crippen LogP contribution in [0.15, 0.2) is 87.3 Å². The van der Waals surface area contributed by atoms with Crippen LogP contribution in [0.4, 0.5) is 10.5 Å². The quantitative estimate of drug-likeness (QED) is 0.181. The van der Waals surface area contributed by atoms with E-state index in [1.807, 2.05) is 42.5 Å². The van der Waals surface area contributed by atoms with Crippen LogP contribution in [0.1, 0.15) is 16.7 Å². The fourth-order valence-corrected chi connectivity index (χ4v) is 5.49. The Bertz CT molecular complexity index is 1680. The van der Waals surface area contributed by atoms with Crippen LogP contribution >= 0.6 is 31.9 Å². The maximum atomic E-state index is 13.4. The van der Waals surface area contributed by atoms with Crippen molar-refractivity contribution in [2.75, 3.05) is 12.0 Å². The van der Waals surface area contributed by atoms with E-state index in [1.165, 1.54) is 13.2 Å². The number of methoxy groups -OCH3 is 1. The molecule has 39 heavy (non-hydrogen) atoms. The molecule has 4 aromatic rings. The van der Waals surface area contributed by atoms with Gasteiger partial charge < -0.3 is 9.47 Å². The summed E-state index contributed by atoms with van der Waals surface area (Å²) in [5, 5.41) is 4.47. The van der Waals surface area contributed by atoms with Crippen LogP contribution < -0.4 is 19.7 Å². The molecule has 0 aromatic heterocycles. The lowest BCUT2D eigenvalue weighted by Crippen LogP contribution is -2.54. The fraction of sp³-hybridized carbons (Fsp3) is 0.100. The van der Waals surface area contributed by atoms with Gasteiger partial charge in [-0.2, -0.15) is 0 Å². The van der Waals surface area contributed by atoms with Crippen LogP contribution in [0.3, 0.4) is 0 Å². The van der Waals surface area contributed by atoms with Gasteiger partial charge in [-0.1, -0.05) is 58.4 Å². The Morgan fingerprint density at radius 3 is 2.49 bits per heavy atom. The number of barbiturate groups is 1. The molecule has 1 aliphatic rings. The maximum absolute atomic E-state index is 13.4. The molecule has 9 heteroatoms. The summed E-state index contributed by atoms with van der Waals surface area (Å²) in [5.41, 5.74) is 2.42. The average Bonchev–Trinajstić information content (AvgIpc) is 2.91. The van der Waals surface area contributed by atoms with E-state index in [0.29, 0.717) is 39.4 Å². The van der Waals surface area contributed by atoms with Crippen molar-refractivity contribution in [3.05, 3.63) is 104 Å². The number of aryl methyl sites for hydroxylation is 1. The minimum atomic E-state index is -0.802. The number of ether oxygens (including phenoxy) is 2. The molecule has 1 saturated heterocycles. The first kappa shape index (κ1) is 26.6. The van der Waals surface area contributed by atoms with E-state index < -0.39 is 17.8 Å². The summed E-state index contributed by atoms with van der Waals surface area (Å²) >= 11 is 6.92. The lowest BCUT2D eigenvalue weighted by atomic mass is 10.0. The molecule has 196 valence electrons. The molecule has 0 bridgehead atoms. The SMILES string of the molecule is COc1cc(/C=C2/C(=O)NC(=O)N(c3ccc(Br)cc3C)C2=O)cc(Br)c1OCc1cccc2ccccc12. The molecule has 4 amide bonds. The van der Waals surface area contributed by atoms with Crippen LogP contribution in [0.5, 0.6) is 11.5 Å². The third-order valence-corrected chi connectivity index (χ3v) is 7.40. The predicted octanol–water partition coefficient (Wildman–Crippen LogP) is 6.93. The van der Waals surface area contributed by atoms with Crippen LogP contribution in [-0.2, 0) is 16.2 Å². The Morgan fingerprint density at radius 2 is 1.72 bits per heavy atom. The Kier molecular flexibility index (Phi) is 7.54. The Morgan fingerprint density at radius 1 is 0.949 bits per heavy atom. The van der Waals surface area contributed by atoms with E-state index in [-0.39, 0.29) is 5.57 Å². The number of nitrogens with one attached hydrogen (secondary N) is 1. The summed E-state index contributed by atoms with van der Waals surface area (Å²) in [6.45, 7) is 2.08. The van der Waals surface area contributed by atoms with E-state index in [9.17, 15) is 14.4 Å². The number of benzene rings is 4. The summed E-state index contributed by atoms with van der Waals surface area (Å²) in [5.74, 6) is -0.603. The lowest BCUT2D eigenvalue weighted by molar-refractivity contribution is -0.122. The number of halogens is 2. The number of rotatable bonds is 6. The Hall–Kier alpha value is -3.95. The largest absolute Gasteiger partial charge is 0.493 e. The smallest absolute Gasteiger partial charge is 0.335 e. The number of hydrogen-bond donors (Lipinski definition) is 1. The van der Waals surface area contributed by atoms with Crippen molar-refractivity contribution in [3.8, 4) is 11.5 Å². The molecule has 7 nitrogen and oxygen atoms in total. The third-order valence-electron chi connectivity index (χ3n) is 6.32. The molecule has 1 N–H and O–H groups in total. The van der Waals surface area contributed by atoms with Crippen molar-refractivity contribution in [1.29, 1.82) is 0 Å². The van der Waals surface area contributed by atoms with E-state index >= 15 is 0 Å². The van der Waals surface area contributed by atoms with Gasteiger partial charge in [-0.15, -0.1) is 0 Å². The van der Waals surface area contributed by atoms with Gasteiger partial charge in [-0.25, -0.2) is 9.69 Å². The Labute approximate surface area is 241 Å². The monoisotopic (exact) mass is 648 g/mol. The van der Waals surface area contributed by atoms with Crippen LogP contribution in [0.25, 0.3) is 16.8 Å². The maximum Gasteiger partial charge on any atom is 0.335 e. The highest BCUT2D eigenvalue weighted by Crippen LogP contribution is 2.38. The summed E-state index contributed by atoms with van der Waals surface area (Å²) in [7, 11) is 1.51. The molecule has 0 aliphatic carbocycles. The molecule has 4 aromatic carbocycles. The fourth-order valence-electron chi connectivity index (χ4n) is 4.44. The first-order chi connectivity index (χ1) is 18.8. The van der Waals surface area contributed by atoms with Gasteiger partial charge in [0.2, 0.25) is 0 Å². The molecule has 5 rings (SSSR count). The summed E-state index contributed by atoms with van der Waals surface area (Å²) < 4.78 is 13.1. The number of urea groups is 1. The molecule has 1 fully saturated rings. The highest BCUT2D eigenvalue weighted by atomic mass is 79.9. The van der Waals surface area contributed by atoms with Crippen LogP contribution in [-0.4, -0.2) is 25.0 Å². The van der Waals surface area contributed by atoms with Gasteiger partial charge >= 0.3 is 6.03 Å². The predicted molar refractivity (Wildman–Crippen MR) is 157 cm³/mol. The number of hydrogen-bond acceptors (Lipinski definition) is 5. The van der Waals surface area contributed by atoms with Gasteiger partial charge in [0, 0.05) is 4.47 Å². The van der Waals surface area contributed by atoms with Gasteiger partial charge in [-0.3, -0.25) is 14.9 Å². The van der Waals surface area contributed by atoms with Crippen molar-refractivity contribution in [2.24, 2.45) is 0 Å². The van der Waals surface area contributed by atoms with Gasteiger partial charge in [0.15, 0.2) is 11.5 Å². The standard InChI is InChI=1S/C30H22Br2N2O5/c1-17-12-21(31)10-11-25(17)34-29(36)23(28(35)33-30(34)37)13-18-14-24(32)27(26(15-18)38-2)39-16-20-8-5-7-19-6-3-4-9-22(19)20/h3-15H,16H2,1-2H3,(H,33,35,37)/b23-13-. The van der Waals surface area contributed by atoms with E-state index in [4.69, 9.17) is 9.47 Å². The lowest BCUT2D eigenvalue weighted by Gasteiger charge is -2.27. The zero-order valence-electron chi connectivity index (χ0n) is 21.0.